The molecule has 31 heavy (non-hydrogen) atoms. The highest BCUT2D eigenvalue weighted by Gasteiger charge is 2.24. The van der Waals surface area contributed by atoms with Crippen molar-refractivity contribution >= 4 is 17.2 Å². The standard InChI is InChI=1S/C23H20F2N4OS/c1-14-21(31-19(27-14)13-15-3-7-17(24)8-4-15)23(30)28-20(22-26-11-12-29(22)2)16-5-9-18(25)10-6-16/h3-12,20H,13H2,1-2H3,(H,28,30). The third-order valence-corrected chi connectivity index (χ3v) is 6.07. The number of imidazole rings is 1. The molecule has 0 spiro atoms. The molecule has 0 bridgehead atoms. The van der Waals surface area contributed by atoms with Crippen molar-refractivity contribution in [1.82, 2.24) is 19.9 Å². The summed E-state index contributed by atoms with van der Waals surface area (Å²) in [4.78, 5) is 22.5. The van der Waals surface area contributed by atoms with Crippen LogP contribution in [0.4, 0.5) is 8.78 Å². The van der Waals surface area contributed by atoms with Crippen LogP contribution in [-0.2, 0) is 13.5 Å². The van der Waals surface area contributed by atoms with E-state index in [1.807, 2.05) is 11.6 Å². The second kappa shape index (κ2) is 8.77. The van der Waals surface area contributed by atoms with E-state index in [1.165, 1.54) is 35.6 Å². The first kappa shape index (κ1) is 20.9. The summed E-state index contributed by atoms with van der Waals surface area (Å²) >= 11 is 1.30. The van der Waals surface area contributed by atoms with Crippen molar-refractivity contribution < 1.29 is 13.6 Å². The Labute approximate surface area is 182 Å². The van der Waals surface area contributed by atoms with E-state index in [2.05, 4.69) is 15.3 Å². The molecule has 1 amide bonds. The van der Waals surface area contributed by atoms with Gasteiger partial charge in [0.25, 0.3) is 5.91 Å². The van der Waals surface area contributed by atoms with Crippen LogP contribution in [0.15, 0.2) is 60.9 Å². The van der Waals surface area contributed by atoms with Crippen molar-refractivity contribution in [3.63, 3.8) is 0 Å². The van der Waals surface area contributed by atoms with Crippen LogP contribution in [0.1, 0.15) is 43.4 Å². The highest BCUT2D eigenvalue weighted by molar-refractivity contribution is 7.13. The first-order chi connectivity index (χ1) is 14.9. The molecular weight excluding hydrogens is 418 g/mol. The van der Waals surface area contributed by atoms with E-state index >= 15 is 0 Å². The number of aryl methyl sites for hydroxylation is 2. The predicted octanol–water partition coefficient (Wildman–Crippen LogP) is 4.57. The molecule has 5 nitrogen and oxygen atoms in total. The van der Waals surface area contributed by atoms with Gasteiger partial charge in [0.1, 0.15) is 28.4 Å². The Morgan fingerprint density at radius 2 is 1.74 bits per heavy atom. The van der Waals surface area contributed by atoms with Gasteiger partial charge in [-0.2, -0.15) is 0 Å². The number of benzene rings is 2. The summed E-state index contributed by atoms with van der Waals surface area (Å²) in [6, 6.07) is 11.7. The molecule has 158 valence electrons. The fourth-order valence-corrected chi connectivity index (χ4v) is 4.32. The molecule has 2 heterocycles. The molecule has 0 fully saturated rings. The Balaban J connectivity index is 1.59. The van der Waals surface area contributed by atoms with E-state index in [4.69, 9.17) is 0 Å². The number of halogens is 2. The van der Waals surface area contributed by atoms with Crippen molar-refractivity contribution in [1.29, 1.82) is 0 Å². The first-order valence-corrected chi connectivity index (χ1v) is 10.5. The Morgan fingerprint density at radius 1 is 1.10 bits per heavy atom. The summed E-state index contributed by atoms with van der Waals surface area (Å²) in [5, 5.41) is 3.78. The molecule has 0 aliphatic carbocycles. The van der Waals surface area contributed by atoms with E-state index in [0.717, 1.165) is 16.1 Å². The quantitative estimate of drug-likeness (QED) is 0.480. The van der Waals surface area contributed by atoms with Crippen LogP contribution in [-0.4, -0.2) is 20.4 Å². The van der Waals surface area contributed by atoms with Crippen molar-refractivity contribution in [2.45, 2.75) is 19.4 Å². The molecular formula is C23H20F2N4OS. The smallest absolute Gasteiger partial charge is 0.264 e. The van der Waals surface area contributed by atoms with Crippen LogP contribution < -0.4 is 5.32 Å². The number of hydrogen-bond donors (Lipinski definition) is 1. The number of nitrogens with one attached hydrogen (secondary N) is 1. The van der Waals surface area contributed by atoms with Crippen LogP contribution in [0.2, 0.25) is 0 Å². The predicted molar refractivity (Wildman–Crippen MR) is 115 cm³/mol. The number of carbonyl (C=O) groups is 1. The van der Waals surface area contributed by atoms with Gasteiger partial charge in [0.05, 0.1) is 10.7 Å². The maximum atomic E-state index is 13.4. The highest BCUT2D eigenvalue weighted by atomic mass is 32.1. The number of hydrogen-bond acceptors (Lipinski definition) is 4. The number of carbonyl (C=O) groups excluding carboxylic acids is 1. The zero-order chi connectivity index (χ0) is 22.0. The van der Waals surface area contributed by atoms with E-state index in [0.29, 0.717) is 22.8 Å². The molecule has 0 aliphatic rings. The van der Waals surface area contributed by atoms with E-state index < -0.39 is 6.04 Å². The van der Waals surface area contributed by atoms with Gasteiger partial charge in [0, 0.05) is 25.9 Å². The van der Waals surface area contributed by atoms with Gasteiger partial charge < -0.3 is 9.88 Å². The molecule has 0 saturated carbocycles. The zero-order valence-corrected chi connectivity index (χ0v) is 17.8. The lowest BCUT2D eigenvalue weighted by Crippen LogP contribution is -2.31. The number of nitrogens with zero attached hydrogens (tertiary/aromatic N) is 3. The molecule has 0 saturated heterocycles. The molecule has 8 heteroatoms. The summed E-state index contributed by atoms with van der Waals surface area (Å²) in [6.45, 7) is 1.78. The number of rotatable bonds is 6. The number of amides is 1. The number of aromatic nitrogens is 3. The number of thiazole rings is 1. The Bertz CT molecular complexity index is 1200. The van der Waals surface area contributed by atoms with Gasteiger partial charge in [-0.25, -0.2) is 18.7 Å². The molecule has 1 unspecified atom stereocenters. The van der Waals surface area contributed by atoms with Crippen LogP contribution in [0.5, 0.6) is 0 Å². The van der Waals surface area contributed by atoms with Crippen LogP contribution in [0.3, 0.4) is 0 Å². The van der Waals surface area contributed by atoms with Gasteiger partial charge >= 0.3 is 0 Å². The van der Waals surface area contributed by atoms with Gasteiger partial charge in [0.2, 0.25) is 0 Å². The van der Waals surface area contributed by atoms with Gasteiger partial charge in [-0.05, 0) is 42.3 Å². The lowest BCUT2D eigenvalue weighted by Gasteiger charge is -2.19. The van der Waals surface area contributed by atoms with Crippen molar-refractivity contribution in [3.05, 3.63) is 105 Å². The fraction of sp³-hybridized carbons (Fsp3) is 0.174. The molecule has 1 atom stereocenters. The summed E-state index contributed by atoms with van der Waals surface area (Å²) < 4.78 is 28.4. The summed E-state index contributed by atoms with van der Waals surface area (Å²) in [7, 11) is 1.84. The van der Waals surface area contributed by atoms with Gasteiger partial charge in [-0.15, -0.1) is 11.3 Å². The highest BCUT2D eigenvalue weighted by Crippen LogP contribution is 2.25. The molecule has 1 N–H and O–H groups in total. The second-order valence-electron chi connectivity index (χ2n) is 7.18. The Morgan fingerprint density at radius 3 is 2.35 bits per heavy atom. The van der Waals surface area contributed by atoms with Crippen LogP contribution in [0, 0.1) is 18.6 Å². The van der Waals surface area contributed by atoms with Gasteiger partial charge in [-0.3, -0.25) is 4.79 Å². The first-order valence-electron chi connectivity index (χ1n) is 9.65. The molecule has 0 radical (unpaired) electrons. The third kappa shape index (κ3) is 4.69. The molecule has 0 aliphatic heterocycles. The topological polar surface area (TPSA) is 59.8 Å². The normalized spacial score (nSPS) is 12.0. The van der Waals surface area contributed by atoms with Gasteiger partial charge in [0.15, 0.2) is 0 Å². The maximum Gasteiger partial charge on any atom is 0.264 e. The van der Waals surface area contributed by atoms with Crippen LogP contribution >= 0.6 is 11.3 Å². The molecule has 4 aromatic rings. The second-order valence-corrected chi connectivity index (χ2v) is 8.26. The maximum absolute atomic E-state index is 13.4. The Hall–Kier alpha value is -3.39. The van der Waals surface area contributed by atoms with E-state index in [-0.39, 0.29) is 17.5 Å². The Kier molecular flexibility index (Phi) is 5.90. The molecule has 2 aromatic carbocycles. The monoisotopic (exact) mass is 438 g/mol. The fourth-order valence-electron chi connectivity index (χ4n) is 3.32. The van der Waals surface area contributed by atoms with E-state index in [9.17, 15) is 13.6 Å². The SMILES string of the molecule is Cc1nc(Cc2ccc(F)cc2)sc1C(=O)NC(c1ccc(F)cc1)c1nccn1C. The minimum absolute atomic E-state index is 0.280. The average molecular weight is 439 g/mol. The minimum Gasteiger partial charge on any atom is -0.337 e. The summed E-state index contributed by atoms with van der Waals surface area (Å²) in [5.74, 6) is -0.288. The molecule has 4 rings (SSSR count). The lowest BCUT2D eigenvalue weighted by molar-refractivity contribution is 0.0944. The lowest BCUT2D eigenvalue weighted by atomic mass is 10.1. The van der Waals surface area contributed by atoms with Crippen molar-refractivity contribution in [2.75, 3.05) is 0 Å². The van der Waals surface area contributed by atoms with Crippen molar-refractivity contribution in [2.24, 2.45) is 7.05 Å². The summed E-state index contributed by atoms with van der Waals surface area (Å²) in [5.41, 5.74) is 2.26. The van der Waals surface area contributed by atoms with E-state index in [1.54, 1.807) is 43.6 Å². The molecule has 2 aromatic heterocycles. The largest absolute Gasteiger partial charge is 0.337 e. The van der Waals surface area contributed by atoms with Crippen LogP contribution in [0.25, 0.3) is 0 Å². The summed E-state index contributed by atoms with van der Waals surface area (Å²) in [6.07, 6.45) is 3.95. The zero-order valence-electron chi connectivity index (χ0n) is 17.0. The van der Waals surface area contributed by atoms with Crippen molar-refractivity contribution in [3.8, 4) is 0 Å². The minimum atomic E-state index is -0.546. The van der Waals surface area contributed by atoms with Gasteiger partial charge in [-0.1, -0.05) is 24.3 Å². The average Bonchev–Trinajstić information content (AvgIpc) is 3.33. The third-order valence-electron chi connectivity index (χ3n) is 4.91.